The highest BCUT2D eigenvalue weighted by Crippen LogP contribution is 2.57. The van der Waals surface area contributed by atoms with Crippen LogP contribution in [0.1, 0.15) is 81.1 Å². The molecule has 0 amide bonds. The largest absolute Gasteiger partial charge is 0.550 e. The van der Waals surface area contributed by atoms with Crippen LogP contribution in [0, 0.1) is 0 Å². The van der Waals surface area contributed by atoms with Crippen molar-refractivity contribution in [1.29, 1.82) is 0 Å². The van der Waals surface area contributed by atoms with E-state index in [2.05, 4.69) is 55.4 Å². The Hall–Kier alpha value is -0.200. The first-order valence-corrected chi connectivity index (χ1v) is 16.3. The molecule has 0 aromatic rings. The lowest BCUT2D eigenvalue weighted by Crippen LogP contribution is -2.23. The minimum Gasteiger partial charge on any atom is -0.550 e. The summed E-state index contributed by atoms with van der Waals surface area (Å²) in [7, 11) is -0.840. The lowest BCUT2D eigenvalue weighted by molar-refractivity contribution is -0.308. The van der Waals surface area contributed by atoms with Gasteiger partial charge in [0.25, 0.3) is 0 Å². The van der Waals surface area contributed by atoms with E-state index in [1.807, 2.05) is 0 Å². The lowest BCUT2D eigenvalue weighted by Gasteiger charge is -2.20. The Labute approximate surface area is 176 Å². The summed E-state index contributed by atoms with van der Waals surface area (Å²) in [6.45, 7) is 18.8. The molecule has 0 atom stereocenters. The molecule has 0 saturated carbocycles. The van der Waals surface area contributed by atoms with Gasteiger partial charge in [-0.25, -0.2) is 0 Å². The average Bonchev–Trinajstić information content (AvgIpc) is 2.70. The molecule has 0 aliphatic carbocycles. The number of aliphatic carboxylic acids is 2. The fraction of sp³-hybridized carbons (Fsp3) is 0.909. The third kappa shape index (κ3) is 16.7. The summed E-state index contributed by atoms with van der Waals surface area (Å²) in [6.07, 6.45) is 12.2. The van der Waals surface area contributed by atoms with Crippen LogP contribution in [0.4, 0.5) is 0 Å². The fourth-order valence-corrected chi connectivity index (χ4v) is 8.59. The fourth-order valence-electron chi connectivity index (χ4n) is 3.22. The number of carbonyl (C=O) groups excluding carboxylic acids is 2. The highest BCUT2D eigenvalue weighted by atomic mass is 31.2. The number of carboxylic acid groups (broad SMARTS) is 2. The Morgan fingerprint density at radius 1 is 0.500 bits per heavy atom. The second-order valence-electron chi connectivity index (χ2n) is 7.16. The van der Waals surface area contributed by atoms with Crippen molar-refractivity contribution in [2.24, 2.45) is 0 Å². The Morgan fingerprint density at radius 2 is 0.679 bits per heavy atom. The van der Waals surface area contributed by atoms with Gasteiger partial charge in [0, 0.05) is 26.5 Å². The van der Waals surface area contributed by atoms with Crippen molar-refractivity contribution in [3.8, 4) is 0 Å². The van der Waals surface area contributed by atoms with Gasteiger partial charge in [0.15, 0.2) is 0 Å². The van der Waals surface area contributed by atoms with Gasteiger partial charge < -0.3 is 19.8 Å². The van der Waals surface area contributed by atoms with E-state index in [-0.39, 0.29) is 12.8 Å². The SMILES string of the molecule is CC[P+](CC)(CC)CC.CC[P+](CC)(CC)CC.O=C([O-])CCCCC(=O)[O-]. The first-order chi connectivity index (χ1) is 13.1. The van der Waals surface area contributed by atoms with Gasteiger partial charge in [-0.05, 0) is 81.1 Å². The Bertz CT molecular complexity index is 308. The number of hydrogen-bond acceptors (Lipinski definition) is 4. The van der Waals surface area contributed by atoms with Crippen molar-refractivity contribution in [2.75, 3.05) is 49.3 Å². The Morgan fingerprint density at radius 3 is 0.750 bits per heavy atom. The van der Waals surface area contributed by atoms with Crippen molar-refractivity contribution in [1.82, 2.24) is 0 Å². The van der Waals surface area contributed by atoms with Crippen molar-refractivity contribution < 1.29 is 19.8 Å². The van der Waals surface area contributed by atoms with Crippen LogP contribution in [0.15, 0.2) is 0 Å². The van der Waals surface area contributed by atoms with E-state index in [9.17, 15) is 19.8 Å². The van der Waals surface area contributed by atoms with Gasteiger partial charge in [-0.15, -0.1) is 0 Å². The molecule has 0 radical (unpaired) electrons. The summed E-state index contributed by atoms with van der Waals surface area (Å²) in [5, 5.41) is 19.5. The molecule has 0 fully saturated rings. The molecule has 0 heterocycles. The van der Waals surface area contributed by atoms with Gasteiger partial charge in [0.1, 0.15) is 0 Å². The van der Waals surface area contributed by atoms with E-state index >= 15 is 0 Å². The zero-order chi connectivity index (χ0) is 22.6. The lowest BCUT2D eigenvalue weighted by atomic mass is 10.2. The topological polar surface area (TPSA) is 80.3 Å². The van der Waals surface area contributed by atoms with Gasteiger partial charge in [0.05, 0.1) is 49.3 Å². The molecule has 0 unspecified atom stereocenters. The highest BCUT2D eigenvalue weighted by Gasteiger charge is 2.28. The quantitative estimate of drug-likeness (QED) is 0.319. The molecule has 6 heteroatoms. The highest BCUT2D eigenvalue weighted by molar-refractivity contribution is 7.76. The van der Waals surface area contributed by atoms with Crippen LogP contribution in [0.2, 0.25) is 0 Å². The van der Waals surface area contributed by atoms with E-state index < -0.39 is 26.5 Å². The van der Waals surface area contributed by atoms with Gasteiger partial charge in [-0.1, -0.05) is 0 Å². The summed E-state index contributed by atoms with van der Waals surface area (Å²) in [4.78, 5) is 19.5. The maximum Gasteiger partial charge on any atom is 0.0565 e. The smallest absolute Gasteiger partial charge is 0.0565 e. The van der Waals surface area contributed by atoms with Crippen LogP contribution in [0.5, 0.6) is 0 Å². The van der Waals surface area contributed by atoms with E-state index in [1.54, 1.807) is 0 Å². The van der Waals surface area contributed by atoms with Gasteiger partial charge in [0.2, 0.25) is 0 Å². The molecule has 0 rings (SSSR count). The average molecular weight is 439 g/mol. The van der Waals surface area contributed by atoms with Crippen LogP contribution in [-0.2, 0) is 9.59 Å². The maximum absolute atomic E-state index is 9.77. The molecular formula is C22H48O4P2. The zero-order valence-electron chi connectivity index (χ0n) is 20.0. The van der Waals surface area contributed by atoms with Crippen molar-refractivity contribution in [3.63, 3.8) is 0 Å². The van der Waals surface area contributed by atoms with E-state index in [0.717, 1.165) is 0 Å². The number of carbonyl (C=O) groups is 2. The minimum atomic E-state index is -1.14. The van der Waals surface area contributed by atoms with Crippen LogP contribution in [-0.4, -0.2) is 61.2 Å². The molecular weight excluding hydrogens is 390 g/mol. The van der Waals surface area contributed by atoms with Crippen LogP contribution >= 0.6 is 14.5 Å². The molecule has 170 valence electrons. The summed E-state index contributed by atoms with van der Waals surface area (Å²) >= 11 is 0. The van der Waals surface area contributed by atoms with E-state index in [1.165, 1.54) is 49.3 Å². The van der Waals surface area contributed by atoms with Crippen LogP contribution in [0.3, 0.4) is 0 Å². The molecule has 0 N–H and O–H groups in total. The number of unbranched alkanes of at least 4 members (excludes halogenated alkanes) is 1. The third-order valence-corrected chi connectivity index (χ3v) is 17.1. The minimum absolute atomic E-state index is 0.0761. The first-order valence-electron chi connectivity index (χ1n) is 11.2. The molecule has 0 aromatic heterocycles. The van der Waals surface area contributed by atoms with E-state index in [4.69, 9.17) is 0 Å². The molecule has 0 saturated heterocycles. The molecule has 0 bridgehead atoms. The van der Waals surface area contributed by atoms with Crippen molar-refractivity contribution >= 4 is 26.5 Å². The molecule has 0 aromatic carbocycles. The summed E-state index contributed by atoms with van der Waals surface area (Å²) in [5.74, 6) is -2.28. The zero-order valence-corrected chi connectivity index (χ0v) is 21.8. The Kier molecular flexibility index (Phi) is 23.3. The van der Waals surface area contributed by atoms with E-state index in [0.29, 0.717) is 12.8 Å². The van der Waals surface area contributed by atoms with Crippen LogP contribution < -0.4 is 10.2 Å². The number of rotatable bonds is 13. The first kappa shape index (κ1) is 32.5. The monoisotopic (exact) mass is 438 g/mol. The third-order valence-electron chi connectivity index (χ3n) is 6.38. The normalized spacial score (nSPS) is 11.0. The molecule has 0 spiro atoms. The Balaban J connectivity index is -0.000000336. The second kappa shape index (κ2) is 20.1. The van der Waals surface area contributed by atoms with Gasteiger partial charge >= 0.3 is 0 Å². The van der Waals surface area contributed by atoms with Crippen molar-refractivity contribution in [3.05, 3.63) is 0 Å². The predicted octanol–water partition coefficient (Wildman–Crippen LogP) is 4.21. The van der Waals surface area contributed by atoms with Crippen LogP contribution in [0.25, 0.3) is 0 Å². The number of carboxylic acids is 2. The summed E-state index contributed by atoms with van der Waals surface area (Å²) in [5.41, 5.74) is 0. The maximum atomic E-state index is 9.77. The molecule has 4 nitrogen and oxygen atoms in total. The predicted molar refractivity (Wildman–Crippen MR) is 127 cm³/mol. The summed E-state index contributed by atoms with van der Waals surface area (Å²) < 4.78 is 0. The van der Waals surface area contributed by atoms with Crippen molar-refractivity contribution in [2.45, 2.75) is 81.1 Å². The molecule has 28 heavy (non-hydrogen) atoms. The second-order valence-corrected chi connectivity index (χ2v) is 17.6. The molecule has 0 aliphatic rings. The molecule has 0 aliphatic heterocycles. The van der Waals surface area contributed by atoms with Gasteiger partial charge in [-0.3, -0.25) is 0 Å². The number of hydrogen-bond donors (Lipinski definition) is 0. The standard InChI is InChI=1S/2C8H20P.C6H10O4/c2*1-5-9(6-2,7-3)8-4;7-5(8)3-1-2-4-6(9)10/h2*5-8H2,1-4H3;1-4H2,(H,7,8)(H,9,10)/q2*+1;/p-2. The summed E-state index contributed by atoms with van der Waals surface area (Å²) in [6, 6.07) is 0. The van der Waals surface area contributed by atoms with Gasteiger partial charge in [-0.2, -0.15) is 0 Å².